The molecule has 0 aliphatic carbocycles. The highest BCUT2D eigenvalue weighted by Gasteiger charge is 2.17. The number of benzene rings is 1. The third kappa shape index (κ3) is 1.64. The maximum absolute atomic E-state index is 11.3. The van der Waals surface area contributed by atoms with E-state index in [1.165, 1.54) is 7.11 Å². The van der Waals surface area contributed by atoms with Gasteiger partial charge in [-0.3, -0.25) is 0 Å². The molecular weight excluding hydrogens is 182 g/mol. The lowest BCUT2D eigenvalue weighted by Crippen LogP contribution is -2.07. The molecule has 4 heteroatoms. The van der Waals surface area contributed by atoms with Gasteiger partial charge in [-0.25, -0.2) is 4.79 Å². The van der Waals surface area contributed by atoms with Crippen molar-refractivity contribution in [3.63, 3.8) is 0 Å². The summed E-state index contributed by atoms with van der Waals surface area (Å²) in [6.07, 6.45) is 0.635. The predicted molar refractivity (Wildman–Crippen MR) is 53.2 cm³/mol. The van der Waals surface area contributed by atoms with Crippen molar-refractivity contribution in [2.45, 2.75) is 13.3 Å². The molecule has 3 N–H and O–H groups in total. The molecule has 1 rings (SSSR count). The molecule has 4 nitrogen and oxygen atoms in total. The van der Waals surface area contributed by atoms with Crippen molar-refractivity contribution in [1.82, 2.24) is 0 Å². The molecule has 0 saturated carbocycles. The summed E-state index contributed by atoms with van der Waals surface area (Å²) in [5.41, 5.74) is 6.52. The Bertz CT molecular complexity index is 361. The molecule has 1 aromatic rings. The molecule has 0 radical (unpaired) electrons. The first kappa shape index (κ1) is 10.4. The monoisotopic (exact) mass is 195 g/mol. The summed E-state index contributed by atoms with van der Waals surface area (Å²) in [6.45, 7) is 1.88. The minimum absolute atomic E-state index is 0.0480. The number of rotatable bonds is 2. The number of phenols is 1. The van der Waals surface area contributed by atoms with Crippen LogP contribution in [0.25, 0.3) is 0 Å². The van der Waals surface area contributed by atoms with Crippen LogP contribution in [0.15, 0.2) is 12.1 Å². The SMILES string of the molecule is CCc1ccc(N)c(C(=O)OC)c1O. The molecule has 0 heterocycles. The maximum atomic E-state index is 11.3. The zero-order valence-electron chi connectivity index (χ0n) is 8.20. The van der Waals surface area contributed by atoms with E-state index in [1.54, 1.807) is 12.1 Å². The van der Waals surface area contributed by atoms with Gasteiger partial charge in [0, 0.05) is 5.69 Å². The number of hydrogen-bond acceptors (Lipinski definition) is 4. The molecule has 0 atom stereocenters. The standard InChI is InChI=1S/C10H13NO3/c1-3-6-4-5-7(11)8(9(6)12)10(13)14-2/h4-5,12H,3,11H2,1-2H3. The van der Waals surface area contributed by atoms with Crippen molar-refractivity contribution in [3.05, 3.63) is 23.3 Å². The number of aryl methyl sites for hydroxylation is 1. The average Bonchev–Trinajstić information content (AvgIpc) is 2.18. The lowest BCUT2D eigenvalue weighted by molar-refractivity contribution is 0.0598. The molecule has 14 heavy (non-hydrogen) atoms. The van der Waals surface area contributed by atoms with Gasteiger partial charge in [-0.1, -0.05) is 13.0 Å². The Morgan fingerprint density at radius 3 is 2.71 bits per heavy atom. The molecule has 76 valence electrons. The minimum atomic E-state index is -0.615. The zero-order valence-corrected chi connectivity index (χ0v) is 8.20. The van der Waals surface area contributed by atoms with E-state index < -0.39 is 5.97 Å². The van der Waals surface area contributed by atoms with E-state index in [0.29, 0.717) is 12.0 Å². The lowest BCUT2D eigenvalue weighted by atomic mass is 10.0. The van der Waals surface area contributed by atoms with E-state index >= 15 is 0 Å². The number of carbonyl (C=O) groups excluding carboxylic acids is 1. The molecular formula is C10H13NO3. The van der Waals surface area contributed by atoms with Crippen LogP contribution in [0.4, 0.5) is 5.69 Å². The number of ether oxygens (including phenoxy) is 1. The number of esters is 1. The first-order chi connectivity index (χ1) is 6.61. The number of phenolic OH excluding ortho intramolecular Hbond substituents is 1. The largest absolute Gasteiger partial charge is 0.507 e. The Balaban J connectivity index is 3.32. The molecule has 0 amide bonds. The molecule has 0 aliphatic heterocycles. The maximum Gasteiger partial charge on any atom is 0.343 e. The van der Waals surface area contributed by atoms with Gasteiger partial charge in [-0.05, 0) is 18.1 Å². The molecule has 0 bridgehead atoms. The third-order valence-corrected chi connectivity index (χ3v) is 2.06. The zero-order chi connectivity index (χ0) is 10.7. The molecule has 1 aromatic carbocycles. The summed E-state index contributed by atoms with van der Waals surface area (Å²) in [6, 6.07) is 3.28. The topological polar surface area (TPSA) is 72.6 Å². The van der Waals surface area contributed by atoms with Gasteiger partial charge in [0.1, 0.15) is 11.3 Å². The van der Waals surface area contributed by atoms with Gasteiger partial charge in [0.2, 0.25) is 0 Å². The van der Waals surface area contributed by atoms with Crippen molar-refractivity contribution in [1.29, 1.82) is 0 Å². The Morgan fingerprint density at radius 1 is 1.57 bits per heavy atom. The highest BCUT2D eigenvalue weighted by Crippen LogP contribution is 2.28. The molecule has 0 spiro atoms. The highest BCUT2D eigenvalue weighted by atomic mass is 16.5. The number of carbonyl (C=O) groups is 1. The average molecular weight is 195 g/mol. The van der Waals surface area contributed by atoms with Crippen molar-refractivity contribution < 1.29 is 14.6 Å². The van der Waals surface area contributed by atoms with Crippen LogP contribution >= 0.6 is 0 Å². The minimum Gasteiger partial charge on any atom is -0.507 e. The summed E-state index contributed by atoms with van der Waals surface area (Å²) in [4.78, 5) is 11.3. The van der Waals surface area contributed by atoms with E-state index in [0.717, 1.165) is 0 Å². The molecule has 0 unspecified atom stereocenters. The van der Waals surface area contributed by atoms with E-state index in [4.69, 9.17) is 5.73 Å². The summed E-state index contributed by atoms with van der Waals surface area (Å²) in [5.74, 6) is -0.699. The second kappa shape index (κ2) is 4.00. The highest BCUT2D eigenvalue weighted by molar-refractivity contribution is 5.98. The van der Waals surface area contributed by atoms with Gasteiger partial charge in [-0.15, -0.1) is 0 Å². The van der Waals surface area contributed by atoms with E-state index in [-0.39, 0.29) is 17.0 Å². The van der Waals surface area contributed by atoms with Gasteiger partial charge in [-0.2, -0.15) is 0 Å². The molecule has 0 fully saturated rings. The quantitative estimate of drug-likeness (QED) is 0.551. The van der Waals surface area contributed by atoms with Crippen molar-refractivity contribution in [2.24, 2.45) is 0 Å². The van der Waals surface area contributed by atoms with Gasteiger partial charge in [0.25, 0.3) is 0 Å². The fourth-order valence-corrected chi connectivity index (χ4v) is 1.25. The predicted octanol–water partition coefficient (Wildman–Crippen LogP) is 1.32. The van der Waals surface area contributed by atoms with E-state index in [1.807, 2.05) is 6.92 Å². The van der Waals surface area contributed by atoms with Crippen LogP contribution in [0.1, 0.15) is 22.8 Å². The van der Waals surface area contributed by atoms with Crippen molar-refractivity contribution in [2.75, 3.05) is 12.8 Å². The lowest BCUT2D eigenvalue weighted by Gasteiger charge is -2.09. The smallest absolute Gasteiger partial charge is 0.343 e. The summed E-state index contributed by atoms with van der Waals surface area (Å²) in [5, 5.41) is 9.69. The number of nitrogen functional groups attached to an aromatic ring is 1. The number of aromatic hydroxyl groups is 1. The van der Waals surface area contributed by atoms with Crippen molar-refractivity contribution >= 4 is 11.7 Å². The first-order valence-electron chi connectivity index (χ1n) is 4.30. The van der Waals surface area contributed by atoms with Crippen LogP contribution in [0.2, 0.25) is 0 Å². The van der Waals surface area contributed by atoms with Crippen LogP contribution < -0.4 is 5.73 Å². The van der Waals surface area contributed by atoms with Gasteiger partial charge in [0.05, 0.1) is 7.11 Å². The van der Waals surface area contributed by atoms with E-state index in [2.05, 4.69) is 4.74 Å². The van der Waals surface area contributed by atoms with Gasteiger partial charge < -0.3 is 15.6 Å². The summed E-state index contributed by atoms with van der Waals surface area (Å²) >= 11 is 0. The number of hydrogen-bond donors (Lipinski definition) is 2. The Morgan fingerprint density at radius 2 is 2.21 bits per heavy atom. The number of nitrogens with two attached hydrogens (primary N) is 1. The molecule has 0 saturated heterocycles. The first-order valence-corrected chi connectivity index (χ1v) is 4.30. The Kier molecular flexibility index (Phi) is 2.96. The normalized spacial score (nSPS) is 9.86. The molecule has 0 aromatic heterocycles. The Hall–Kier alpha value is -1.71. The van der Waals surface area contributed by atoms with Gasteiger partial charge >= 0.3 is 5.97 Å². The Labute approximate surface area is 82.3 Å². The number of anilines is 1. The van der Waals surface area contributed by atoms with Gasteiger partial charge in [0.15, 0.2) is 0 Å². The third-order valence-electron chi connectivity index (χ3n) is 2.06. The van der Waals surface area contributed by atoms with Crippen LogP contribution in [-0.4, -0.2) is 18.2 Å². The second-order valence-corrected chi connectivity index (χ2v) is 2.88. The van der Waals surface area contributed by atoms with Crippen LogP contribution in [-0.2, 0) is 11.2 Å². The van der Waals surface area contributed by atoms with E-state index in [9.17, 15) is 9.90 Å². The fourth-order valence-electron chi connectivity index (χ4n) is 1.25. The fraction of sp³-hybridized carbons (Fsp3) is 0.300. The van der Waals surface area contributed by atoms with Crippen LogP contribution in [0.5, 0.6) is 5.75 Å². The second-order valence-electron chi connectivity index (χ2n) is 2.88. The van der Waals surface area contributed by atoms with Crippen molar-refractivity contribution in [3.8, 4) is 5.75 Å². The summed E-state index contributed by atoms with van der Waals surface area (Å²) in [7, 11) is 1.25. The van der Waals surface area contributed by atoms with Crippen LogP contribution in [0.3, 0.4) is 0 Å². The summed E-state index contributed by atoms with van der Waals surface area (Å²) < 4.78 is 4.52. The molecule has 0 aliphatic rings. The van der Waals surface area contributed by atoms with Crippen LogP contribution in [0, 0.1) is 0 Å². The number of methoxy groups -OCH3 is 1.